The molecular formula is C21H29N5O4. The SMILES string of the molecule is CCCN(COC)C(O)(O)C(=O)N1CC=C(c2ccc(-c3ncn(C)n3)cc2)CC1. The fourth-order valence-corrected chi connectivity index (χ4v) is 3.50. The Morgan fingerprint density at radius 1 is 1.27 bits per heavy atom. The van der Waals surface area contributed by atoms with Crippen LogP contribution in [0, 0.1) is 0 Å². The van der Waals surface area contributed by atoms with Crippen LogP contribution >= 0.6 is 0 Å². The van der Waals surface area contributed by atoms with E-state index in [0.717, 1.165) is 16.7 Å². The maximum Gasteiger partial charge on any atom is 0.310 e. The van der Waals surface area contributed by atoms with Crippen LogP contribution in [0.4, 0.5) is 0 Å². The smallest absolute Gasteiger partial charge is 0.310 e. The number of carbonyl (C=O) groups is 1. The van der Waals surface area contributed by atoms with E-state index in [0.29, 0.717) is 38.3 Å². The molecule has 2 aromatic rings. The summed E-state index contributed by atoms with van der Waals surface area (Å²) in [5, 5.41) is 25.2. The van der Waals surface area contributed by atoms with E-state index in [9.17, 15) is 15.0 Å². The van der Waals surface area contributed by atoms with E-state index in [-0.39, 0.29) is 6.73 Å². The van der Waals surface area contributed by atoms with Gasteiger partial charge in [-0.15, -0.1) is 0 Å². The van der Waals surface area contributed by atoms with Crippen LogP contribution in [0.25, 0.3) is 17.0 Å². The Morgan fingerprint density at radius 3 is 2.50 bits per heavy atom. The number of hydrogen-bond acceptors (Lipinski definition) is 7. The van der Waals surface area contributed by atoms with Crippen molar-refractivity contribution >= 4 is 11.5 Å². The van der Waals surface area contributed by atoms with Gasteiger partial charge in [-0.25, -0.2) is 9.88 Å². The Balaban J connectivity index is 1.67. The van der Waals surface area contributed by atoms with Crippen LogP contribution in [0.15, 0.2) is 36.7 Å². The first kappa shape index (κ1) is 22.1. The summed E-state index contributed by atoms with van der Waals surface area (Å²) in [7, 11) is 3.28. The van der Waals surface area contributed by atoms with Crippen molar-refractivity contribution in [2.24, 2.45) is 7.05 Å². The number of amides is 1. The van der Waals surface area contributed by atoms with Crippen LogP contribution in [-0.2, 0) is 16.6 Å². The van der Waals surface area contributed by atoms with Crippen LogP contribution in [-0.4, -0.2) is 80.1 Å². The lowest BCUT2D eigenvalue weighted by atomic mass is 9.98. The molecule has 1 aliphatic rings. The van der Waals surface area contributed by atoms with Gasteiger partial charge in [0.2, 0.25) is 0 Å². The van der Waals surface area contributed by atoms with E-state index >= 15 is 0 Å². The number of carbonyl (C=O) groups excluding carboxylic acids is 1. The molecule has 0 saturated carbocycles. The topological polar surface area (TPSA) is 104 Å². The number of rotatable bonds is 8. The van der Waals surface area contributed by atoms with Gasteiger partial charge in [-0.05, 0) is 24.0 Å². The van der Waals surface area contributed by atoms with Crippen molar-refractivity contribution in [1.82, 2.24) is 24.6 Å². The Morgan fingerprint density at radius 2 is 1.97 bits per heavy atom. The van der Waals surface area contributed by atoms with Gasteiger partial charge in [0, 0.05) is 39.4 Å². The third-order valence-electron chi connectivity index (χ3n) is 5.12. The quantitative estimate of drug-likeness (QED) is 0.621. The fourth-order valence-electron chi connectivity index (χ4n) is 3.50. The molecule has 9 heteroatoms. The van der Waals surface area contributed by atoms with Gasteiger partial charge < -0.3 is 19.8 Å². The molecule has 1 aliphatic heterocycles. The summed E-state index contributed by atoms with van der Waals surface area (Å²) < 4.78 is 6.67. The highest BCUT2D eigenvalue weighted by Crippen LogP contribution is 2.26. The predicted molar refractivity (Wildman–Crippen MR) is 112 cm³/mol. The normalized spacial score (nSPS) is 14.9. The van der Waals surface area contributed by atoms with Crippen molar-refractivity contribution < 1.29 is 19.7 Å². The zero-order valence-electron chi connectivity index (χ0n) is 17.7. The number of benzene rings is 1. The molecule has 1 aromatic heterocycles. The number of methoxy groups -OCH3 is 1. The molecule has 162 valence electrons. The monoisotopic (exact) mass is 415 g/mol. The molecule has 0 spiro atoms. The zero-order valence-corrected chi connectivity index (χ0v) is 17.7. The second-order valence-corrected chi connectivity index (χ2v) is 7.37. The van der Waals surface area contributed by atoms with Crippen molar-refractivity contribution in [1.29, 1.82) is 0 Å². The Kier molecular flexibility index (Phi) is 6.99. The minimum Gasteiger partial charge on any atom is -0.369 e. The summed E-state index contributed by atoms with van der Waals surface area (Å²) in [6.07, 6.45) is 4.90. The number of ether oxygens (including phenoxy) is 1. The Labute approximate surface area is 176 Å². The first-order valence-corrected chi connectivity index (χ1v) is 10.0. The van der Waals surface area contributed by atoms with E-state index in [2.05, 4.69) is 10.1 Å². The van der Waals surface area contributed by atoms with Gasteiger partial charge in [-0.2, -0.15) is 5.10 Å². The Hall–Kier alpha value is -2.59. The zero-order chi connectivity index (χ0) is 21.7. The lowest BCUT2D eigenvalue weighted by molar-refractivity contribution is -0.271. The second-order valence-electron chi connectivity index (χ2n) is 7.37. The van der Waals surface area contributed by atoms with Gasteiger partial charge in [0.25, 0.3) is 5.91 Å². The lowest BCUT2D eigenvalue weighted by Crippen LogP contribution is -2.61. The number of nitrogens with zero attached hydrogens (tertiary/aromatic N) is 5. The predicted octanol–water partition coefficient (Wildman–Crippen LogP) is 1.05. The number of aliphatic hydroxyl groups is 2. The summed E-state index contributed by atoms with van der Waals surface area (Å²) in [5.41, 5.74) is 3.11. The van der Waals surface area contributed by atoms with Gasteiger partial charge >= 0.3 is 5.91 Å². The van der Waals surface area contributed by atoms with Gasteiger partial charge in [0.15, 0.2) is 5.82 Å². The van der Waals surface area contributed by atoms with Crippen LogP contribution in [0.2, 0.25) is 0 Å². The largest absolute Gasteiger partial charge is 0.369 e. The third-order valence-corrected chi connectivity index (χ3v) is 5.12. The van der Waals surface area contributed by atoms with Gasteiger partial charge in [-0.1, -0.05) is 37.3 Å². The van der Waals surface area contributed by atoms with Crippen LogP contribution in [0.3, 0.4) is 0 Å². The first-order valence-electron chi connectivity index (χ1n) is 10.0. The highest BCUT2D eigenvalue weighted by atomic mass is 16.6. The summed E-state index contributed by atoms with van der Waals surface area (Å²) >= 11 is 0. The molecule has 0 fully saturated rings. The highest BCUT2D eigenvalue weighted by Gasteiger charge is 2.43. The minimum absolute atomic E-state index is 0.0427. The van der Waals surface area contributed by atoms with Crippen LogP contribution < -0.4 is 0 Å². The third kappa shape index (κ3) is 4.76. The molecule has 0 aliphatic carbocycles. The average Bonchev–Trinajstić information content (AvgIpc) is 3.19. The van der Waals surface area contributed by atoms with Crippen molar-refractivity contribution in [3.63, 3.8) is 0 Å². The van der Waals surface area contributed by atoms with Crippen molar-refractivity contribution in [3.8, 4) is 11.4 Å². The standard InChI is InChI=1S/C21H29N5O4/c1-4-11-26(15-30-3)21(28,29)20(27)25-12-9-17(10-13-25)16-5-7-18(8-6-16)19-22-14-24(2)23-19/h5-9,14,28-29H,4,10-13,15H2,1-3H3. The molecule has 1 aromatic carbocycles. The maximum absolute atomic E-state index is 12.7. The van der Waals surface area contributed by atoms with Crippen molar-refractivity contribution in [3.05, 3.63) is 42.2 Å². The van der Waals surface area contributed by atoms with Crippen molar-refractivity contribution in [2.75, 3.05) is 33.5 Å². The van der Waals surface area contributed by atoms with Gasteiger partial charge in [0.1, 0.15) is 13.1 Å². The molecule has 0 radical (unpaired) electrons. The molecule has 0 saturated heterocycles. The van der Waals surface area contributed by atoms with Crippen molar-refractivity contribution in [2.45, 2.75) is 25.7 Å². The molecule has 3 rings (SSSR count). The molecular weight excluding hydrogens is 386 g/mol. The fraction of sp³-hybridized carbons (Fsp3) is 0.476. The Bertz CT molecular complexity index is 885. The lowest BCUT2D eigenvalue weighted by Gasteiger charge is -2.37. The minimum atomic E-state index is -2.59. The number of hydrogen-bond donors (Lipinski definition) is 2. The molecule has 30 heavy (non-hydrogen) atoms. The molecule has 2 heterocycles. The van der Waals surface area contributed by atoms with E-state index in [1.165, 1.54) is 16.9 Å². The van der Waals surface area contributed by atoms with E-state index < -0.39 is 11.8 Å². The van der Waals surface area contributed by atoms with Gasteiger partial charge in [-0.3, -0.25) is 9.48 Å². The molecule has 2 N–H and O–H groups in total. The maximum atomic E-state index is 12.7. The summed E-state index contributed by atoms with van der Waals surface area (Å²) in [6, 6.07) is 7.98. The molecule has 0 atom stereocenters. The molecule has 1 amide bonds. The summed E-state index contributed by atoms with van der Waals surface area (Å²) in [4.78, 5) is 19.7. The van der Waals surface area contributed by atoms with Gasteiger partial charge in [0.05, 0.1) is 0 Å². The number of aromatic nitrogens is 3. The average molecular weight is 415 g/mol. The van der Waals surface area contributed by atoms with E-state index in [4.69, 9.17) is 4.74 Å². The summed E-state index contributed by atoms with van der Waals surface area (Å²) in [5.74, 6) is -2.65. The molecule has 0 unspecified atom stereocenters. The second kappa shape index (κ2) is 9.48. The van der Waals surface area contributed by atoms with E-state index in [1.54, 1.807) is 11.0 Å². The first-order chi connectivity index (χ1) is 14.4. The molecule has 9 nitrogen and oxygen atoms in total. The van der Waals surface area contributed by atoms with E-state index in [1.807, 2.05) is 44.3 Å². The highest BCUT2D eigenvalue weighted by molar-refractivity contribution is 5.84. The van der Waals surface area contributed by atoms with Crippen LogP contribution in [0.1, 0.15) is 25.3 Å². The molecule has 0 bridgehead atoms. The summed E-state index contributed by atoms with van der Waals surface area (Å²) in [6.45, 7) is 2.91. The van der Waals surface area contributed by atoms with Crippen LogP contribution in [0.5, 0.6) is 0 Å². The number of aryl methyl sites for hydroxylation is 1.